The van der Waals surface area contributed by atoms with Gasteiger partial charge in [0.1, 0.15) is 11.2 Å². The van der Waals surface area contributed by atoms with Crippen LogP contribution in [0.15, 0.2) is 180 Å². The fourth-order valence-electron chi connectivity index (χ4n) is 7.93. The Hall–Kier alpha value is -6.20. The summed E-state index contributed by atoms with van der Waals surface area (Å²) >= 11 is 3.75. The Morgan fingerprint density at radius 3 is 1.85 bits per heavy atom. The maximum Gasteiger partial charge on any atom is 0.143 e. The number of para-hydroxylation sites is 1. The molecular weight excluding hydrogens is 671 g/mol. The number of hydrogen-bond donors (Lipinski definition) is 0. The third-order valence-electron chi connectivity index (χ3n) is 10.3. The molecule has 0 radical (unpaired) electrons. The number of fused-ring (bicyclic) bond motifs is 9. The SMILES string of the molecule is c1ccc(-c2cccc3c2oc2ccc(N(c4cccc5c4sc4ccccc45)c4ccc(-c5ccccc5)c5sc6ccccc6c45)cc23)cc1. The number of anilines is 3. The number of benzene rings is 8. The zero-order valence-corrected chi connectivity index (χ0v) is 29.5. The van der Waals surface area contributed by atoms with Crippen LogP contribution < -0.4 is 4.90 Å². The molecule has 0 aliphatic carbocycles. The van der Waals surface area contributed by atoms with Crippen molar-refractivity contribution in [2.45, 2.75) is 0 Å². The van der Waals surface area contributed by atoms with Crippen molar-refractivity contribution >= 4 is 102 Å². The molecule has 0 atom stereocenters. The van der Waals surface area contributed by atoms with Gasteiger partial charge in [-0.1, -0.05) is 133 Å². The standard InChI is InChI=1S/C48H29NOS2/c1-3-13-30(14-4-1)33-19-11-20-36-39-29-32(25-28-42(39)50-46(33)36)49(41-22-12-21-37-35-17-7-9-23-43(35)51-47(37)41)40-27-26-34(31-15-5-2-6-16-31)48-45(40)38-18-8-10-24-44(38)52-48/h1-29H. The normalized spacial score (nSPS) is 11.8. The molecule has 52 heavy (non-hydrogen) atoms. The summed E-state index contributed by atoms with van der Waals surface area (Å²) in [5.41, 5.74) is 9.95. The van der Waals surface area contributed by atoms with Crippen LogP contribution in [-0.2, 0) is 0 Å². The van der Waals surface area contributed by atoms with Crippen molar-refractivity contribution in [3.8, 4) is 22.3 Å². The molecule has 244 valence electrons. The second kappa shape index (κ2) is 11.7. The highest BCUT2D eigenvalue weighted by atomic mass is 32.1. The van der Waals surface area contributed by atoms with Gasteiger partial charge in [-0.15, -0.1) is 22.7 Å². The molecule has 4 heteroatoms. The molecule has 0 amide bonds. The van der Waals surface area contributed by atoms with Gasteiger partial charge in [-0.2, -0.15) is 0 Å². The zero-order chi connectivity index (χ0) is 34.2. The van der Waals surface area contributed by atoms with Crippen molar-refractivity contribution in [2.75, 3.05) is 4.90 Å². The van der Waals surface area contributed by atoms with E-state index in [1.165, 1.54) is 57.2 Å². The van der Waals surface area contributed by atoms with E-state index in [9.17, 15) is 0 Å². The Morgan fingerprint density at radius 2 is 1.04 bits per heavy atom. The van der Waals surface area contributed by atoms with Gasteiger partial charge < -0.3 is 9.32 Å². The van der Waals surface area contributed by atoms with Crippen LogP contribution in [0.25, 0.3) is 84.5 Å². The third kappa shape index (κ3) is 4.48. The molecule has 0 aliphatic rings. The Balaban J connectivity index is 1.23. The van der Waals surface area contributed by atoms with Gasteiger partial charge in [0.25, 0.3) is 0 Å². The molecule has 11 rings (SSSR count). The fourth-order valence-corrected chi connectivity index (χ4v) is 10.4. The molecule has 3 aromatic heterocycles. The largest absolute Gasteiger partial charge is 0.455 e. The predicted molar refractivity (Wildman–Crippen MR) is 225 cm³/mol. The first-order valence-corrected chi connectivity index (χ1v) is 19.1. The highest BCUT2D eigenvalue weighted by molar-refractivity contribution is 7.27. The van der Waals surface area contributed by atoms with E-state index < -0.39 is 0 Å². The van der Waals surface area contributed by atoms with Gasteiger partial charge in [0.15, 0.2) is 0 Å². The van der Waals surface area contributed by atoms with Crippen LogP contribution in [-0.4, -0.2) is 0 Å². The van der Waals surface area contributed by atoms with Crippen LogP contribution in [0.4, 0.5) is 17.1 Å². The first kappa shape index (κ1) is 29.5. The lowest BCUT2D eigenvalue weighted by Crippen LogP contribution is -2.10. The van der Waals surface area contributed by atoms with Crippen LogP contribution in [0.3, 0.4) is 0 Å². The first-order valence-electron chi connectivity index (χ1n) is 17.5. The Bertz CT molecular complexity index is 3130. The van der Waals surface area contributed by atoms with E-state index in [-0.39, 0.29) is 0 Å². The summed E-state index contributed by atoms with van der Waals surface area (Å²) in [6.45, 7) is 0. The number of hydrogen-bond acceptors (Lipinski definition) is 4. The van der Waals surface area contributed by atoms with Gasteiger partial charge in [0, 0.05) is 57.7 Å². The van der Waals surface area contributed by atoms with Crippen molar-refractivity contribution in [1.82, 2.24) is 0 Å². The Morgan fingerprint density at radius 1 is 0.404 bits per heavy atom. The van der Waals surface area contributed by atoms with Gasteiger partial charge >= 0.3 is 0 Å². The average Bonchev–Trinajstić information content (AvgIpc) is 3.91. The lowest BCUT2D eigenvalue weighted by atomic mass is 9.99. The molecule has 0 N–H and O–H groups in total. The van der Waals surface area contributed by atoms with Crippen molar-refractivity contribution in [3.05, 3.63) is 176 Å². The summed E-state index contributed by atoms with van der Waals surface area (Å²) in [4.78, 5) is 2.49. The van der Waals surface area contributed by atoms with Crippen LogP contribution in [0, 0.1) is 0 Å². The van der Waals surface area contributed by atoms with E-state index in [1.807, 2.05) is 22.7 Å². The highest BCUT2D eigenvalue weighted by Gasteiger charge is 2.24. The van der Waals surface area contributed by atoms with Gasteiger partial charge in [-0.05, 0) is 59.2 Å². The van der Waals surface area contributed by atoms with E-state index in [2.05, 4.69) is 181 Å². The molecule has 0 aliphatic heterocycles. The van der Waals surface area contributed by atoms with Gasteiger partial charge in [-0.3, -0.25) is 0 Å². The van der Waals surface area contributed by atoms with Crippen molar-refractivity contribution in [1.29, 1.82) is 0 Å². The lowest BCUT2D eigenvalue weighted by molar-refractivity contribution is 0.670. The molecule has 0 unspecified atom stereocenters. The molecule has 0 bridgehead atoms. The number of thiophene rings is 2. The Kier molecular flexibility index (Phi) is 6.63. The molecule has 8 aromatic carbocycles. The van der Waals surface area contributed by atoms with Gasteiger partial charge in [-0.25, -0.2) is 0 Å². The monoisotopic (exact) mass is 699 g/mol. The van der Waals surface area contributed by atoms with E-state index in [4.69, 9.17) is 4.42 Å². The summed E-state index contributed by atoms with van der Waals surface area (Å²) in [5, 5.41) is 7.32. The van der Waals surface area contributed by atoms with E-state index in [1.54, 1.807) is 0 Å². The summed E-state index contributed by atoms with van der Waals surface area (Å²) in [5.74, 6) is 0. The molecule has 3 heterocycles. The second-order valence-electron chi connectivity index (χ2n) is 13.2. The number of nitrogens with zero attached hydrogens (tertiary/aromatic N) is 1. The van der Waals surface area contributed by atoms with Crippen LogP contribution >= 0.6 is 22.7 Å². The van der Waals surface area contributed by atoms with Crippen molar-refractivity contribution in [2.24, 2.45) is 0 Å². The molecule has 0 saturated heterocycles. The van der Waals surface area contributed by atoms with Crippen LogP contribution in [0.2, 0.25) is 0 Å². The quantitative estimate of drug-likeness (QED) is 0.178. The summed E-state index contributed by atoms with van der Waals surface area (Å²) in [7, 11) is 0. The van der Waals surface area contributed by atoms with Gasteiger partial charge in [0.2, 0.25) is 0 Å². The van der Waals surface area contributed by atoms with Crippen LogP contribution in [0.5, 0.6) is 0 Å². The smallest absolute Gasteiger partial charge is 0.143 e. The zero-order valence-electron chi connectivity index (χ0n) is 27.9. The number of rotatable bonds is 5. The molecule has 0 spiro atoms. The minimum absolute atomic E-state index is 0.882. The highest BCUT2D eigenvalue weighted by Crippen LogP contribution is 2.51. The first-order chi connectivity index (χ1) is 25.8. The minimum atomic E-state index is 0.882. The Labute approximate surface area is 308 Å². The average molecular weight is 700 g/mol. The maximum atomic E-state index is 6.66. The maximum absolute atomic E-state index is 6.66. The number of furan rings is 1. The predicted octanol–water partition coefficient (Wildman–Crippen LogP) is 15.1. The fraction of sp³-hybridized carbons (Fsp3) is 0. The molecular formula is C48H29NOS2. The van der Waals surface area contributed by atoms with E-state index >= 15 is 0 Å². The lowest BCUT2D eigenvalue weighted by Gasteiger charge is -2.27. The topological polar surface area (TPSA) is 16.4 Å². The third-order valence-corrected chi connectivity index (χ3v) is 12.7. The molecule has 2 nitrogen and oxygen atoms in total. The van der Waals surface area contributed by atoms with Crippen molar-refractivity contribution in [3.63, 3.8) is 0 Å². The van der Waals surface area contributed by atoms with E-state index in [0.29, 0.717) is 0 Å². The molecule has 0 saturated carbocycles. The second-order valence-corrected chi connectivity index (χ2v) is 15.3. The molecule has 11 aromatic rings. The van der Waals surface area contributed by atoms with Crippen LogP contribution in [0.1, 0.15) is 0 Å². The van der Waals surface area contributed by atoms with Crippen molar-refractivity contribution < 1.29 is 4.42 Å². The summed E-state index contributed by atoms with van der Waals surface area (Å²) < 4.78 is 11.8. The minimum Gasteiger partial charge on any atom is -0.455 e. The molecule has 0 fully saturated rings. The summed E-state index contributed by atoms with van der Waals surface area (Å²) in [6, 6.07) is 63.5. The summed E-state index contributed by atoms with van der Waals surface area (Å²) in [6.07, 6.45) is 0. The van der Waals surface area contributed by atoms with Gasteiger partial charge in [0.05, 0.1) is 16.1 Å². The van der Waals surface area contributed by atoms with E-state index in [0.717, 1.165) is 44.4 Å².